The summed E-state index contributed by atoms with van der Waals surface area (Å²) in [5.74, 6) is 0.180. The van der Waals surface area contributed by atoms with Crippen LogP contribution in [0.5, 0.6) is 0 Å². The van der Waals surface area contributed by atoms with E-state index in [4.69, 9.17) is 4.98 Å². The molecule has 1 fully saturated rings. The Morgan fingerprint density at radius 3 is 2.75 bits per heavy atom. The Labute approximate surface area is 209 Å². The number of fused-ring (bicyclic) bond motifs is 2. The van der Waals surface area contributed by atoms with Crippen molar-refractivity contribution in [3.63, 3.8) is 0 Å². The molecule has 8 nitrogen and oxygen atoms in total. The van der Waals surface area contributed by atoms with Crippen LogP contribution in [0.2, 0.25) is 0 Å². The van der Waals surface area contributed by atoms with Crippen molar-refractivity contribution in [1.29, 1.82) is 0 Å². The molecule has 0 radical (unpaired) electrons. The van der Waals surface area contributed by atoms with Crippen molar-refractivity contribution in [2.75, 3.05) is 5.32 Å². The Morgan fingerprint density at radius 2 is 1.92 bits per heavy atom. The van der Waals surface area contributed by atoms with E-state index in [1.54, 1.807) is 23.7 Å². The van der Waals surface area contributed by atoms with Crippen LogP contribution >= 0.6 is 11.3 Å². The van der Waals surface area contributed by atoms with Gasteiger partial charge in [-0.15, -0.1) is 0 Å². The van der Waals surface area contributed by atoms with Gasteiger partial charge in [0.05, 0.1) is 40.5 Å². The molecule has 176 valence electrons. The van der Waals surface area contributed by atoms with Crippen molar-refractivity contribution < 1.29 is 4.79 Å². The predicted octanol–water partition coefficient (Wildman–Crippen LogP) is 6.03. The lowest BCUT2D eigenvalue weighted by molar-refractivity contribution is -0.122. The fourth-order valence-electron chi connectivity index (χ4n) is 4.64. The van der Waals surface area contributed by atoms with Crippen molar-refractivity contribution in [3.05, 3.63) is 65.9 Å². The molecule has 1 aliphatic carbocycles. The molecule has 6 aromatic rings. The van der Waals surface area contributed by atoms with Gasteiger partial charge in [0.2, 0.25) is 5.91 Å². The molecule has 0 atom stereocenters. The maximum Gasteiger partial charge on any atom is 0.227 e. The molecule has 36 heavy (non-hydrogen) atoms. The van der Waals surface area contributed by atoms with Gasteiger partial charge in [0.25, 0.3) is 0 Å². The number of thiophene rings is 1. The van der Waals surface area contributed by atoms with E-state index in [2.05, 4.69) is 53.4 Å². The molecule has 7 rings (SSSR count). The van der Waals surface area contributed by atoms with Crippen LogP contribution in [0.15, 0.2) is 65.9 Å². The maximum atomic E-state index is 12.4. The minimum atomic E-state index is 0.0656. The van der Waals surface area contributed by atoms with Crippen LogP contribution in [0.3, 0.4) is 0 Å². The first-order chi connectivity index (χ1) is 17.7. The summed E-state index contributed by atoms with van der Waals surface area (Å²) >= 11 is 1.66. The minimum Gasteiger partial charge on any atom is -0.352 e. The van der Waals surface area contributed by atoms with Gasteiger partial charge in [0, 0.05) is 34.8 Å². The fraction of sp³-hybridized carbons (Fsp3) is 0.148. The Bertz CT molecular complexity index is 1730. The van der Waals surface area contributed by atoms with Gasteiger partial charge in [-0.25, -0.2) is 4.98 Å². The molecule has 1 amide bonds. The lowest BCUT2D eigenvalue weighted by Gasteiger charge is -2.24. The van der Waals surface area contributed by atoms with Gasteiger partial charge in [0.1, 0.15) is 11.2 Å². The average Bonchev–Trinajstić information content (AvgIpc) is 3.61. The number of hydrogen-bond donors (Lipinski definition) is 3. The minimum absolute atomic E-state index is 0.0656. The topological polar surface area (TPSA) is 112 Å². The average molecular weight is 492 g/mol. The summed E-state index contributed by atoms with van der Waals surface area (Å²) < 4.78 is 0. The molecule has 6 heterocycles. The Kier molecular flexibility index (Phi) is 4.88. The molecule has 0 bridgehead atoms. The van der Waals surface area contributed by atoms with Crippen LogP contribution in [-0.4, -0.2) is 36.0 Å². The summed E-state index contributed by atoms with van der Waals surface area (Å²) in [4.78, 5) is 29.5. The molecule has 0 unspecified atom stereocenters. The first-order valence-electron chi connectivity index (χ1n) is 11.8. The number of rotatable bonds is 5. The quantitative estimate of drug-likeness (QED) is 0.273. The number of H-pyrrole nitrogens is 2. The Balaban J connectivity index is 1.26. The summed E-state index contributed by atoms with van der Waals surface area (Å²) in [6, 6.07) is 10.0. The van der Waals surface area contributed by atoms with Gasteiger partial charge in [-0.1, -0.05) is 6.42 Å². The second-order valence-electron chi connectivity index (χ2n) is 9.09. The number of hydrogen-bond acceptors (Lipinski definition) is 6. The number of aromatic amines is 2. The van der Waals surface area contributed by atoms with Gasteiger partial charge < -0.3 is 10.3 Å². The summed E-state index contributed by atoms with van der Waals surface area (Å²) in [6.45, 7) is 0. The molecular weight excluding hydrogens is 470 g/mol. The third-order valence-electron chi connectivity index (χ3n) is 6.82. The number of pyridine rings is 3. The lowest BCUT2D eigenvalue weighted by atomic mass is 9.85. The van der Waals surface area contributed by atoms with Crippen LogP contribution < -0.4 is 5.32 Å². The number of carbonyl (C=O) groups is 1. The SMILES string of the molecule is O=C(Nc1cncc(-c2ccc3[nH]nc(-c4cc5c(-c6ccsc6)cncc5[nH]4)c3n2)c1)C1CCC1. The molecule has 6 aromatic heterocycles. The second-order valence-corrected chi connectivity index (χ2v) is 9.87. The zero-order valence-corrected chi connectivity index (χ0v) is 20.0. The Morgan fingerprint density at radius 1 is 1.00 bits per heavy atom. The van der Waals surface area contributed by atoms with Crippen molar-refractivity contribution in [2.45, 2.75) is 19.3 Å². The molecule has 0 aromatic carbocycles. The molecule has 3 N–H and O–H groups in total. The van der Waals surface area contributed by atoms with E-state index >= 15 is 0 Å². The predicted molar refractivity (Wildman–Crippen MR) is 141 cm³/mol. The number of nitrogens with one attached hydrogen (secondary N) is 3. The van der Waals surface area contributed by atoms with Crippen LogP contribution in [-0.2, 0) is 4.79 Å². The van der Waals surface area contributed by atoms with Gasteiger partial charge in [-0.3, -0.25) is 19.9 Å². The van der Waals surface area contributed by atoms with E-state index in [0.29, 0.717) is 5.69 Å². The highest BCUT2D eigenvalue weighted by Gasteiger charge is 2.25. The monoisotopic (exact) mass is 491 g/mol. The normalized spacial score (nSPS) is 13.8. The number of aromatic nitrogens is 6. The standard InChI is InChI=1S/C27H21N7OS/c35-27(15-2-1-3-15)30-18-8-17(10-28-11-18)21-4-5-22-25(32-21)26(34-33-22)23-9-19-20(16-6-7-36-14-16)12-29-13-24(19)31-23/h4-15,31H,1-3H2,(H,30,35)(H,33,34). The molecule has 0 saturated heterocycles. The molecular formula is C27H21N7OS. The molecule has 0 aliphatic heterocycles. The van der Waals surface area contributed by atoms with Gasteiger partial charge >= 0.3 is 0 Å². The van der Waals surface area contributed by atoms with E-state index in [1.165, 1.54) is 0 Å². The second kappa shape index (κ2) is 8.39. The number of anilines is 1. The molecule has 0 spiro atoms. The van der Waals surface area contributed by atoms with E-state index < -0.39 is 0 Å². The number of carbonyl (C=O) groups excluding carboxylic acids is 1. The highest BCUT2D eigenvalue weighted by molar-refractivity contribution is 7.08. The van der Waals surface area contributed by atoms with E-state index in [-0.39, 0.29) is 11.8 Å². The van der Waals surface area contributed by atoms with Gasteiger partial charge in [-0.05, 0) is 59.5 Å². The number of nitrogens with zero attached hydrogens (tertiary/aromatic N) is 4. The highest BCUT2D eigenvalue weighted by Crippen LogP contribution is 2.34. The Hall–Kier alpha value is -4.37. The summed E-state index contributed by atoms with van der Waals surface area (Å²) in [7, 11) is 0. The molecule has 1 aliphatic rings. The largest absolute Gasteiger partial charge is 0.352 e. The van der Waals surface area contributed by atoms with Crippen LogP contribution in [0.1, 0.15) is 19.3 Å². The van der Waals surface area contributed by atoms with Crippen LogP contribution in [0, 0.1) is 5.92 Å². The summed E-state index contributed by atoms with van der Waals surface area (Å²) in [6.07, 6.45) is 10.2. The smallest absolute Gasteiger partial charge is 0.227 e. The van der Waals surface area contributed by atoms with Crippen molar-refractivity contribution in [2.24, 2.45) is 5.92 Å². The van der Waals surface area contributed by atoms with Crippen LogP contribution in [0.4, 0.5) is 5.69 Å². The maximum absolute atomic E-state index is 12.4. The van der Waals surface area contributed by atoms with Crippen molar-refractivity contribution in [1.82, 2.24) is 30.1 Å². The highest BCUT2D eigenvalue weighted by atomic mass is 32.1. The van der Waals surface area contributed by atoms with Crippen molar-refractivity contribution in [3.8, 4) is 33.8 Å². The lowest BCUT2D eigenvalue weighted by Crippen LogP contribution is -2.28. The van der Waals surface area contributed by atoms with Crippen molar-refractivity contribution >= 4 is 44.9 Å². The number of amides is 1. The molecule has 9 heteroatoms. The van der Waals surface area contributed by atoms with E-state index in [1.807, 2.05) is 30.6 Å². The van der Waals surface area contributed by atoms with Crippen LogP contribution in [0.25, 0.3) is 55.7 Å². The van der Waals surface area contributed by atoms with Gasteiger partial charge in [-0.2, -0.15) is 16.4 Å². The van der Waals surface area contributed by atoms with E-state index in [0.717, 1.165) is 75.0 Å². The van der Waals surface area contributed by atoms with Gasteiger partial charge in [0.15, 0.2) is 0 Å². The third-order valence-corrected chi connectivity index (χ3v) is 7.50. The summed E-state index contributed by atoms with van der Waals surface area (Å²) in [5, 5.41) is 15.9. The zero-order valence-electron chi connectivity index (χ0n) is 19.2. The zero-order chi connectivity index (χ0) is 24.1. The first-order valence-corrected chi connectivity index (χ1v) is 12.8. The third kappa shape index (κ3) is 3.56. The molecule has 1 saturated carbocycles. The van der Waals surface area contributed by atoms with E-state index in [9.17, 15) is 4.79 Å². The first kappa shape index (κ1) is 21.0. The summed E-state index contributed by atoms with van der Waals surface area (Å²) in [5.41, 5.74) is 8.64. The fourth-order valence-corrected chi connectivity index (χ4v) is 5.29.